The second kappa shape index (κ2) is 7.04. The van der Waals surface area contributed by atoms with E-state index in [-0.39, 0.29) is 24.7 Å². The third kappa shape index (κ3) is 3.66. The van der Waals surface area contributed by atoms with Crippen LogP contribution in [0.5, 0.6) is 0 Å². The third-order valence-electron chi connectivity index (χ3n) is 4.81. The third-order valence-corrected chi connectivity index (χ3v) is 6.81. The van der Waals surface area contributed by atoms with Crippen LogP contribution >= 0.6 is 0 Å². The van der Waals surface area contributed by atoms with E-state index in [4.69, 9.17) is 4.42 Å². The smallest absolute Gasteiger partial charge is 0.253 e. The molecular formula is C21H19NO4S. The van der Waals surface area contributed by atoms with Crippen molar-refractivity contribution in [1.82, 2.24) is 4.90 Å². The number of rotatable bonds is 5. The van der Waals surface area contributed by atoms with Gasteiger partial charge in [0.1, 0.15) is 11.5 Å². The van der Waals surface area contributed by atoms with Crippen molar-refractivity contribution in [3.8, 4) is 11.1 Å². The molecule has 0 bridgehead atoms. The van der Waals surface area contributed by atoms with Crippen LogP contribution in [0.3, 0.4) is 0 Å². The molecule has 1 amide bonds. The fourth-order valence-corrected chi connectivity index (χ4v) is 4.77. The molecule has 0 atom stereocenters. The summed E-state index contributed by atoms with van der Waals surface area (Å²) in [5.41, 5.74) is 2.69. The van der Waals surface area contributed by atoms with Crippen molar-refractivity contribution in [2.75, 3.05) is 13.1 Å². The fourth-order valence-electron chi connectivity index (χ4n) is 3.16. The Morgan fingerprint density at radius 1 is 0.926 bits per heavy atom. The average Bonchev–Trinajstić information content (AvgIpc) is 3.13. The molecule has 1 aliphatic heterocycles. The van der Waals surface area contributed by atoms with Crippen molar-refractivity contribution in [1.29, 1.82) is 0 Å². The van der Waals surface area contributed by atoms with E-state index in [2.05, 4.69) is 0 Å². The van der Waals surface area contributed by atoms with Gasteiger partial charge in [0.2, 0.25) is 0 Å². The molecule has 5 nitrogen and oxygen atoms in total. The Hall–Kier alpha value is -2.86. The van der Waals surface area contributed by atoms with Crippen molar-refractivity contribution >= 4 is 15.7 Å². The summed E-state index contributed by atoms with van der Waals surface area (Å²) in [6, 6.07) is 20.6. The predicted molar refractivity (Wildman–Crippen MR) is 103 cm³/mol. The van der Waals surface area contributed by atoms with Crippen LogP contribution in [-0.4, -0.2) is 37.6 Å². The van der Waals surface area contributed by atoms with Crippen LogP contribution in [0.1, 0.15) is 16.1 Å². The number of carbonyl (C=O) groups is 1. The summed E-state index contributed by atoms with van der Waals surface area (Å²) in [6.07, 6.45) is 1.46. The van der Waals surface area contributed by atoms with Crippen LogP contribution in [0, 0.1) is 0 Å². The molecule has 0 aliphatic carbocycles. The molecule has 138 valence electrons. The molecular weight excluding hydrogens is 362 g/mol. The summed E-state index contributed by atoms with van der Waals surface area (Å²) in [5, 5.41) is -0.532. The minimum absolute atomic E-state index is 0.127. The minimum Gasteiger partial charge on any atom is -0.468 e. The molecule has 1 aromatic heterocycles. The Morgan fingerprint density at radius 3 is 2.22 bits per heavy atom. The first-order valence-corrected chi connectivity index (χ1v) is 10.4. The van der Waals surface area contributed by atoms with E-state index in [0.29, 0.717) is 11.3 Å². The molecule has 0 N–H and O–H groups in total. The zero-order chi connectivity index (χ0) is 18.9. The summed E-state index contributed by atoms with van der Waals surface area (Å²) in [6.45, 7) is 0.449. The largest absolute Gasteiger partial charge is 0.468 e. The van der Waals surface area contributed by atoms with Crippen molar-refractivity contribution in [3.63, 3.8) is 0 Å². The van der Waals surface area contributed by atoms with Gasteiger partial charge in [-0.1, -0.05) is 42.5 Å². The first-order chi connectivity index (χ1) is 13.0. The molecule has 0 saturated carbocycles. The van der Waals surface area contributed by atoms with Gasteiger partial charge in [0.25, 0.3) is 5.91 Å². The van der Waals surface area contributed by atoms with Crippen molar-refractivity contribution in [3.05, 3.63) is 84.3 Å². The molecule has 0 spiro atoms. The number of likely N-dealkylation sites (tertiary alicyclic amines) is 1. The maximum absolute atomic E-state index is 12.6. The Kier molecular flexibility index (Phi) is 4.58. The van der Waals surface area contributed by atoms with Crippen molar-refractivity contribution < 1.29 is 17.6 Å². The summed E-state index contributed by atoms with van der Waals surface area (Å²) in [7, 11) is -3.33. The highest BCUT2D eigenvalue weighted by atomic mass is 32.2. The standard InChI is InChI=1S/C21H19NO4S/c23-21(18-10-8-17(9-11-18)16-5-2-1-3-6-16)22-13-20(14-22)27(24,25)15-19-7-4-12-26-19/h1-12,20H,13-15H2. The van der Waals surface area contributed by atoms with E-state index >= 15 is 0 Å². The summed E-state index contributed by atoms with van der Waals surface area (Å²) >= 11 is 0. The first-order valence-electron chi connectivity index (χ1n) is 8.72. The number of nitrogens with zero attached hydrogens (tertiary/aromatic N) is 1. The van der Waals surface area contributed by atoms with Crippen LogP contribution in [0.4, 0.5) is 0 Å². The van der Waals surface area contributed by atoms with E-state index < -0.39 is 15.1 Å². The quantitative estimate of drug-likeness (QED) is 0.679. The first kappa shape index (κ1) is 17.5. The van der Waals surface area contributed by atoms with Crippen molar-refractivity contribution in [2.45, 2.75) is 11.0 Å². The molecule has 4 rings (SSSR count). The highest BCUT2D eigenvalue weighted by Crippen LogP contribution is 2.24. The number of amides is 1. The zero-order valence-corrected chi connectivity index (χ0v) is 15.4. The average molecular weight is 381 g/mol. The Labute approximate surface area is 158 Å². The van der Waals surface area contributed by atoms with Gasteiger partial charge in [0.05, 0.1) is 11.5 Å². The lowest BCUT2D eigenvalue weighted by molar-refractivity contribution is 0.0659. The molecule has 1 fully saturated rings. The predicted octanol–water partition coefficient (Wildman–Crippen LogP) is 3.39. The lowest BCUT2D eigenvalue weighted by Gasteiger charge is -2.38. The van der Waals surface area contributed by atoms with Crippen molar-refractivity contribution in [2.24, 2.45) is 0 Å². The van der Waals surface area contributed by atoms with Gasteiger partial charge in [-0.2, -0.15) is 0 Å². The number of hydrogen-bond donors (Lipinski definition) is 0. The normalized spacial score (nSPS) is 14.7. The maximum Gasteiger partial charge on any atom is 0.253 e. The fraction of sp³-hybridized carbons (Fsp3) is 0.190. The Morgan fingerprint density at radius 2 is 1.59 bits per heavy atom. The molecule has 2 aromatic carbocycles. The van der Waals surface area contributed by atoms with Gasteiger partial charge in [-0.3, -0.25) is 4.79 Å². The molecule has 0 radical (unpaired) electrons. The lowest BCUT2D eigenvalue weighted by Crippen LogP contribution is -2.57. The second-order valence-corrected chi connectivity index (χ2v) is 8.94. The van der Waals surface area contributed by atoms with Crippen LogP contribution in [-0.2, 0) is 15.6 Å². The van der Waals surface area contributed by atoms with Crippen LogP contribution in [0.25, 0.3) is 11.1 Å². The molecule has 27 heavy (non-hydrogen) atoms. The number of hydrogen-bond acceptors (Lipinski definition) is 4. The van der Waals surface area contributed by atoms with Gasteiger partial charge in [-0.25, -0.2) is 8.42 Å². The zero-order valence-electron chi connectivity index (χ0n) is 14.6. The molecule has 0 unspecified atom stereocenters. The lowest BCUT2D eigenvalue weighted by atomic mass is 10.0. The number of sulfone groups is 1. The molecule has 1 saturated heterocycles. The monoisotopic (exact) mass is 381 g/mol. The number of carbonyl (C=O) groups excluding carboxylic acids is 1. The highest BCUT2D eigenvalue weighted by Gasteiger charge is 2.40. The Balaban J connectivity index is 1.39. The van der Waals surface area contributed by atoms with E-state index in [0.717, 1.165) is 11.1 Å². The summed E-state index contributed by atoms with van der Waals surface area (Å²) in [4.78, 5) is 14.1. The SMILES string of the molecule is O=C(c1ccc(-c2ccccc2)cc1)N1CC(S(=O)(=O)Cc2ccco2)C1. The topological polar surface area (TPSA) is 67.6 Å². The Bertz CT molecular complexity index is 1020. The minimum atomic E-state index is -3.33. The van der Waals surface area contributed by atoms with Gasteiger partial charge in [-0.05, 0) is 35.4 Å². The molecule has 2 heterocycles. The van der Waals surface area contributed by atoms with Gasteiger partial charge >= 0.3 is 0 Å². The van der Waals surface area contributed by atoms with E-state index in [9.17, 15) is 13.2 Å². The van der Waals surface area contributed by atoms with Gasteiger partial charge in [-0.15, -0.1) is 0 Å². The molecule has 3 aromatic rings. The maximum atomic E-state index is 12.6. The van der Waals surface area contributed by atoms with Gasteiger partial charge < -0.3 is 9.32 Å². The van der Waals surface area contributed by atoms with E-state index in [1.807, 2.05) is 42.5 Å². The van der Waals surface area contributed by atoms with Gasteiger partial charge in [0, 0.05) is 18.7 Å². The molecule has 1 aliphatic rings. The van der Waals surface area contributed by atoms with Crippen LogP contribution < -0.4 is 0 Å². The number of furan rings is 1. The van der Waals surface area contributed by atoms with Gasteiger partial charge in [0.15, 0.2) is 9.84 Å². The van der Waals surface area contributed by atoms with E-state index in [1.165, 1.54) is 6.26 Å². The summed E-state index contributed by atoms with van der Waals surface area (Å²) in [5.74, 6) is 0.161. The number of benzene rings is 2. The molecule has 6 heteroatoms. The summed E-state index contributed by atoms with van der Waals surface area (Å²) < 4.78 is 29.9. The van der Waals surface area contributed by atoms with Crippen LogP contribution in [0.2, 0.25) is 0 Å². The van der Waals surface area contributed by atoms with Crippen LogP contribution in [0.15, 0.2) is 77.4 Å². The van der Waals surface area contributed by atoms with E-state index in [1.54, 1.807) is 29.2 Å². The second-order valence-electron chi connectivity index (χ2n) is 6.66. The highest BCUT2D eigenvalue weighted by molar-refractivity contribution is 7.91.